The van der Waals surface area contributed by atoms with Gasteiger partial charge in [-0.25, -0.2) is 12.7 Å². The number of hydrogen-bond acceptors (Lipinski definition) is 3. The largest absolute Gasteiger partial charge is 0.383 e. The summed E-state index contributed by atoms with van der Waals surface area (Å²) in [6.45, 7) is 0.815. The van der Waals surface area contributed by atoms with E-state index in [0.29, 0.717) is 4.90 Å². The summed E-state index contributed by atoms with van der Waals surface area (Å²) in [4.78, 5) is 0.377. The number of rotatable bonds is 2. The van der Waals surface area contributed by atoms with Crippen LogP contribution in [0.1, 0.15) is 5.56 Å². The van der Waals surface area contributed by atoms with Crippen LogP contribution in [0.25, 0.3) is 0 Å². The molecule has 1 N–H and O–H groups in total. The minimum absolute atomic E-state index is 0.377. The van der Waals surface area contributed by atoms with E-state index >= 15 is 0 Å². The van der Waals surface area contributed by atoms with E-state index in [2.05, 4.69) is 5.32 Å². The summed E-state index contributed by atoms with van der Waals surface area (Å²) >= 11 is 0. The predicted octanol–water partition coefficient (Wildman–Crippen LogP) is 0.905. The van der Waals surface area contributed by atoms with Gasteiger partial charge in [-0.15, -0.1) is 0 Å². The van der Waals surface area contributed by atoms with E-state index in [9.17, 15) is 8.42 Å². The Labute approximate surface area is 90.0 Å². The van der Waals surface area contributed by atoms with Crippen LogP contribution >= 0.6 is 0 Å². The predicted molar refractivity (Wildman–Crippen MR) is 59.5 cm³/mol. The summed E-state index contributed by atoms with van der Waals surface area (Å²) in [5.41, 5.74) is 1.85. The zero-order valence-electron chi connectivity index (χ0n) is 8.82. The third-order valence-electron chi connectivity index (χ3n) is 2.57. The molecule has 0 radical (unpaired) electrons. The lowest BCUT2D eigenvalue weighted by Crippen LogP contribution is -2.23. The molecule has 0 saturated carbocycles. The van der Waals surface area contributed by atoms with E-state index < -0.39 is 10.0 Å². The van der Waals surface area contributed by atoms with Gasteiger partial charge in [0.15, 0.2) is 0 Å². The lowest BCUT2D eigenvalue weighted by Gasteiger charge is -2.14. The van der Waals surface area contributed by atoms with Crippen molar-refractivity contribution < 1.29 is 8.42 Å². The molecule has 15 heavy (non-hydrogen) atoms. The summed E-state index contributed by atoms with van der Waals surface area (Å²) in [6.07, 6.45) is 0.895. The number of para-hydroxylation sites is 1. The Hall–Kier alpha value is -1.07. The molecule has 0 bridgehead atoms. The van der Waals surface area contributed by atoms with Crippen LogP contribution in [0, 0.1) is 0 Å². The maximum Gasteiger partial charge on any atom is 0.244 e. The second-order valence-electron chi connectivity index (χ2n) is 3.75. The van der Waals surface area contributed by atoms with Gasteiger partial charge in [-0.3, -0.25) is 0 Å². The molecule has 0 atom stereocenters. The lowest BCUT2D eigenvalue weighted by atomic mass is 10.2. The SMILES string of the molecule is CN(C)S(=O)(=O)c1cccc2c1NCC2. The number of anilines is 1. The first-order chi connectivity index (χ1) is 7.03. The molecule has 4 nitrogen and oxygen atoms in total. The molecular weight excluding hydrogens is 212 g/mol. The summed E-state index contributed by atoms with van der Waals surface area (Å²) < 4.78 is 25.2. The van der Waals surface area contributed by atoms with Crippen molar-refractivity contribution in [2.45, 2.75) is 11.3 Å². The van der Waals surface area contributed by atoms with E-state index in [-0.39, 0.29) is 0 Å². The minimum Gasteiger partial charge on any atom is -0.383 e. The Kier molecular flexibility index (Phi) is 2.44. The Morgan fingerprint density at radius 3 is 2.73 bits per heavy atom. The van der Waals surface area contributed by atoms with Crippen molar-refractivity contribution in [1.29, 1.82) is 0 Å². The Balaban J connectivity index is 2.60. The van der Waals surface area contributed by atoms with Gasteiger partial charge in [-0.05, 0) is 18.1 Å². The van der Waals surface area contributed by atoms with Crippen molar-refractivity contribution in [3.05, 3.63) is 23.8 Å². The van der Waals surface area contributed by atoms with Gasteiger partial charge in [0.25, 0.3) is 0 Å². The summed E-state index contributed by atoms with van der Waals surface area (Å²) in [5, 5.41) is 3.12. The molecule has 0 unspecified atom stereocenters. The molecule has 5 heteroatoms. The maximum absolute atomic E-state index is 12.0. The lowest BCUT2D eigenvalue weighted by molar-refractivity contribution is 0.521. The first-order valence-electron chi connectivity index (χ1n) is 4.82. The monoisotopic (exact) mass is 226 g/mol. The molecule has 1 aromatic rings. The summed E-state index contributed by atoms with van der Waals surface area (Å²) in [5.74, 6) is 0. The van der Waals surface area contributed by atoms with E-state index in [1.54, 1.807) is 26.2 Å². The van der Waals surface area contributed by atoms with Crippen LogP contribution in [0.3, 0.4) is 0 Å². The Morgan fingerprint density at radius 2 is 2.07 bits per heavy atom. The molecule has 1 aliphatic heterocycles. The number of benzene rings is 1. The molecular formula is C10H14N2O2S. The fourth-order valence-electron chi connectivity index (χ4n) is 1.72. The van der Waals surface area contributed by atoms with E-state index in [0.717, 1.165) is 24.2 Å². The van der Waals surface area contributed by atoms with Gasteiger partial charge in [-0.1, -0.05) is 12.1 Å². The highest BCUT2D eigenvalue weighted by atomic mass is 32.2. The standard InChI is InChI=1S/C10H14N2O2S/c1-12(2)15(13,14)9-5-3-4-8-6-7-11-10(8)9/h3-5,11H,6-7H2,1-2H3. The van der Waals surface area contributed by atoms with Crippen molar-refractivity contribution in [2.24, 2.45) is 0 Å². The van der Waals surface area contributed by atoms with Crippen LogP contribution in [0.2, 0.25) is 0 Å². The number of nitrogens with one attached hydrogen (secondary N) is 1. The summed E-state index contributed by atoms with van der Waals surface area (Å²) in [6, 6.07) is 5.40. The van der Waals surface area contributed by atoms with Gasteiger partial charge < -0.3 is 5.32 Å². The maximum atomic E-state index is 12.0. The molecule has 1 aliphatic rings. The molecule has 0 aliphatic carbocycles. The molecule has 0 saturated heterocycles. The second kappa shape index (κ2) is 3.50. The van der Waals surface area contributed by atoms with Crippen LogP contribution in [0.15, 0.2) is 23.1 Å². The van der Waals surface area contributed by atoms with E-state index in [1.165, 1.54) is 4.31 Å². The second-order valence-corrected chi connectivity index (χ2v) is 5.87. The average molecular weight is 226 g/mol. The molecule has 2 rings (SSSR count). The highest BCUT2D eigenvalue weighted by Gasteiger charge is 2.24. The number of hydrogen-bond donors (Lipinski definition) is 1. The van der Waals surface area contributed by atoms with Crippen molar-refractivity contribution in [1.82, 2.24) is 4.31 Å². The Bertz CT molecular complexity index is 480. The zero-order chi connectivity index (χ0) is 11.1. The fraction of sp³-hybridized carbons (Fsp3) is 0.400. The zero-order valence-corrected chi connectivity index (χ0v) is 9.63. The van der Waals surface area contributed by atoms with Crippen LogP contribution in [0.4, 0.5) is 5.69 Å². The molecule has 1 heterocycles. The van der Waals surface area contributed by atoms with Gasteiger partial charge in [0.05, 0.1) is 5.69 Å². The van der Waals surface area contributed by atoms with Crippen LogP contribution in [-0.2, 0) is 16.4 Å². The Morgan fingerprint density at radius 1 is 1.33 bits per heavy atom. The average Bonchev–Trinajstić information content (AvgIpc) is 2.64. The molecule has 0 aromatic heterocycles. The van der Waals surface area contributed by atoms with Crippen molar-refractivity contribution in [2.75, 3.05) is 26.0 Å². The van der Waals surface area contributed by atoms with Gasteiger partial charge >= 0.3 is 0 Å². The van der Waals surface area contributed by atoms with Crippen molar-refractivity contribution >= 4 is 15.7 Å². The quantitative estimate of drug-likeness (QED) is 0.815. The minimum atomic E-state index is -3.33. The molecule has 1 aromatic carbocycles. The highest BCUT2D eigenvalue weighted by Crippen LogP contribution is 2.30. The molecule has 0 spiro atoms. The first kappa shape index (κ1) is 10.4. The number of sulfonamides is 1. The normalized spacial score (nSPS) is 15.1. The summed E-state index contributed by atoms with van der Waals surface area (Å²) in [7, 11) is -0.241. The van der Waals surface area contributed by atoms with Gasteiger partial charge in [0, 0.05) is 20.6 Å². The van der Waals surface area contributed by atoms with E-state index in [1.807, 2.05) is 6.07 Å². The van der Waals surface area contributed by atoms with Gasteiger partial charge in [0.1, 0.15) is 4.90 Å². The topological polar surface area (TPSA) is 49.4 Å². The third-order valence-corrected chi connectivity index (χ3v) is 4.42. The van der Waals surface area contributed by atoms with Crippen LogP contribution in [-0.4, -0.2) is 33.4 Å². The van der Waals surface area contributed by atoms with E-state index in [4.69, 9.17) is 0 Å². The van der Waals surface area contributed by atoms with Crippen LogP contribution in [0.5, 0.6) is 0 Å². The molecule has 0 amide bonds. The highest BCUT2D eigenvalue weighted by molar-refractivity contribution is 7.89. The van der Waals surface area contributed by atoms with Crippen molar-refractivity contribution in [3.63, 3.8) is 0 Å². The molecule has 82 valence electrons. The third kappa shape index (κ3) is 1.61. The van der Waals surface area contributed by atoms with Crippen molar-refractivity contribution in [3.8, 4) is 0 Å². The fourth-order valence-corrected chi connectivity index (χ4v) is 2.82. The number of fused-ring (bicyclic) bond motifs is 1. The smallest absolute Gasteiger partial charge is 0.244 e. The number of nitrogens with zero attached hydrogens (tertiary/aromatic N) is 1. The van der Waals surface area contributed by atoms with Gasteiger partial charge in [-0.2, -0.15) is 0 Å². The van der Waals surface area contributed by atoms with Gasteiger partial charge in [0.2, 0.25) is 10.0 Å². The van der Waals surface area contributed by atoms with Crippen LogP contribution < -0.4 is 5.32 Å². The first-order valence-corrected chi connectivity index (χ1v) is 6.26. The molecule has 0 fully saturated rings.